The van der Waals surface area contributed by atoms with Crippen molar-refractivity contribution in [3.8, 4) is 11.3 Å². The van der Waals surface area contributed by atoms with Gasteiger partial charge in [-0.15, -0.1) is 11.3 Å². The van der Waals surface area contributed by atoms with Gasteiger partial charge in [-0.1, -0.05) is 60.7 Å². The Kier molecular flexibility index (Phi) is 6.09. The zero-order valence-electron chi connectivity index (χ0n) is 18.2. The highest BCUT2D eigenvalue weighted by Gasteiger charge is 2.20. The summed E-state index contributed by atoms with van der Waals surface area (Å²) in [5, 5.41) is 5.24. The molecule has 0 radical (unpaired) electrons. The van der Waals surface area contributed by atoms with E-state index in [4.69, 9.17) is 4.98 Å². The normalized spacial score (nSPS) is 11.6. The Labute approximate surface area is 187 Å². The van der Waals surface area contributed by atoms with Crippen molar-refractivity contribution in [2.75, 3.05) is 6.54 Å². The van der Waals surface area contributed by atoms with Crippen molar-refractivity contribution in [3.05, 3.63) is 83.5 Å². The molecule has 0 bridgehead atoms. The molecule has 5 nitrogen and oxygen atoms in total. The molecule has 0 saturated carbocycles. The van der Waals surface area contributed by atoms with Gasteiger partial charge in [0.15, 0.2) is 4.96 Å². The smallest absolute Gasteiger partial charge is 0.318 e. The maximum atomic E-state index is 13.0. The number of imidazole rings is 1. The Morgan fingerprint density at radius 1 is 1.06 bits per heavy atom. The Hall–Kier alpha value is -3.12. The highest BCUT2D eigenvalue weighted by molar-refractivity contribution is 7.15. The fourth-order valence-corrected chi connectivity index (χ4v) is 4.37. The lowest BCUT2D eigenvalue weighted by Crippen LogP contribution is -2.48. The topological polar surface area (TPSA) is 49.6 Å². The quantitative estimate of drug-likeness (QED) is 0.430. The maximum absolute atomic E-state index is 13.0. The minimum atomic E-state index is -0.281. The van der Waals surface area contributed by atoms with Gasteiger partial charge >= 0.3 is 6.03 Å². The van der Waals surface area contributed by atoms with E-state index in [0.29, 0.717) is 13.1 Å². The molecule has 6 heteroatoms. The predicted molar refractivity (Wildman–Crippen MR) is 127 cm³/mol. The van der Waals surface area contributed by atoms with Gasteiger partial charge in [-0.25, -0.2) is 9.78 Å². The second-order valence-corrected chi connectivity index (χ2v) is 9.55. The van der Waals surface area contributed by atoms with E-state index in [-0.39, 0.29) is 11.6 Å². The first kappa shape index (κ1) is 21.1. The number of hydrogen-bond donors (Lipinski definition) is 1. The number of hydrogen-bond acceptors (Lipinski definition) is 3. The summed E-state index contributed by atoms with van der Waals surface area (Å²) in [7, 11) is 0. The summed E-state index contributed by atoms with van der Waals surface area (Å²) in [5.41, 5.74) is 4.09. The van der Waals surface area contributed by atoms with E-state index in [0.717, 1.165) is 33.9 Å². The molecule has 0 aliphatic heterocycles. The van der Waals surface area contributed by atoms with Gasteiger partial charge in [0.05, 0.1) is 5.69 Å². The number of carbonyl (C=O) groups excluding carboxylic acids is 1. The van der Waals surface area contributed by atoms with E-state index < -0.39 is 0 Å². The molecule has 0 spiro atoms. The van der Waals surface area contributed by atoms with E-state index in [9.17, 15) is 4.79 Å². The van der Waals surface area contributed by atoms with Crippen LogP contribution in [-0.4, -0.2) is 32.4 Å². The van der Waals surface area contributed by atoms with Crippen molar-refractivity contribution in [1.82, 2.24) is 19.6 Å². The van der Waals surface area contributed by atoms with Crippen molar-refractivity contribution >= 4 is 22.3 Å². The van der Waals surface area contributed by atoms with Gasteiger partial charge in [-0.05, 0) is 26.3 Å². The Morgan fingerprint density at radius 2 is 1.74 bits per heavy atom. The Balaban J connectivity index is 1.52. The monoisotopic (exact) mass is 432 g/mol. The van der Waals surface area contributed by atoms with Gasteiger partial charge in [0.1, 0.15) is 0 Å². The third-order valence-corrected chi connectivity index (χ3v) is 5.86. The summed E-state index contributed by atoms with van der Waals surface area (Å²) in [6.07, 6.45) is 2.85. The minimum Gasteiger partial charge on any atom is -0.333 e. The van der Waals surface area contributed by atoms with Gasteiger partial charge in [0.25, 0.3) is 0 Å². The molecule has 0 fully saturated rings. The van der Waals surface area contributed by atoms with Crippen molar-refractivity contribution in [2.45, 2.75) is 39.3 Å². The highest BCUT2D eigenvalue weighted by atomic mass is 32.1. The molecule has 0 unspecified atom stereocenters. The molecular weight excluding hydrogens is 404 g/mol. The minimum absolute atomic E-state index is 0.0431. The van der Waals surface area contributed by atoms with Crippen molar-refractivity contribution in [3.63, 3.8) is 0 Å². The first-order valence-corrected chi connectivity index (χ1v) is 11.4. The molecule has 31 heavy (non-hydrogen) atoms. The predicted octanol–water partition coefficient (Wildman–Crippen LogP) is 5.62. The van der Waals surface area contributed by atoms with Gasteiger partial charge in [-0.3, -0.25) is 4.40 Å². The van der Waals surface area contributed by atoms with Crippen LogP contribution in [0, 0.1) is 0 Å². The van der Waals surface area contributed by atoms with E-state index in [1.54, 1.807) is 11.3 Å². The lowest BCUT2D eigenvalue weighted by Gasteiger charge is -2.28. The van der Waals surface area contributed by atoms with Crippen LogP contribution in [0.25, 0.3) is 16.2 Å². The standard InChI is InChI=1S/C25H28N4OS/c1-25(2,3)27-23(30)28(16-19-10-6-4-7-11-19)15-14-21-18-31-24-26-22(17-29(21)24)20-12-8-5-9-13-20/h4-13,17-18H,14-16H2,1-3H3,(H,27,30). The molecule has 0 saturated heterocycles. The summed E-state index contributed by atoms with van der Waals surface area (Å²) in [5.74, 6) is 0. The van der Waals surface area contributed by atoms with Crippen molar-refractivity contribution < 1.29 is 4.79 Å². The number of benzene rings is 2. The zero-order chi connectivity index (χ0) is 21.8. The molecule has 2 aromatic carbocycles. The molecule has 4 rings (SSSR count). The highest BCUT2D eigenvalue weighted by Crippen LogP contribution is 2.24. The van der Waals surface area contributed by atoms with Gasteiger partial charge < -0.3 is 10.2 Å². The summed E-state index contributed by atoms with van der Waals surface area (Å²) < 4.78 is 2.15. The van der Waals surface area contributed by atoms with Gasteiger partial charge in [0, 0.05) is 47.9 Å². The van der Waals surface area contributed by atoms with Crippen LogP contribution in [0.4, 0.5) is 4.79 Å². The Bertz CT molecular complexity index is 1140. The number of carbonyl (C=O) groups is 1. The third kappa shape index (κ3) is 5.33. The number of urea groups is 1. The summed E-state index contributed by atoms with van der Waals surface area (Å²) in [6, 6.07) is 20.3. The van der Waals surface area contributed by atoms with Crippen LogP contribution < -0.4 is 5.32 Å². The first-order chi connectivity index (χ1) is 14.9. The third-order valence-electron chi connectivity index (χ3n) is 4.98. The average Bonchev–Trinajstić information content (AvgIpc) is 3.32. The van der Waals surface area contributed by atoms with E-state index in [1.807, 2.05) is 62.1 Å². The molecule has 2 amide bonds. The second kappa shape index (κ2) is 8.94. The largest absolute Gasteiger partial charge is 0.333 e. The van der Waals surface area contributed by atoms with Crippen LogP contribution in [0.15, 0.2) is 72.2 Å². The summed E-state index contributed by atoms with van der Waals surface area (Å²) >= 11 is 1.64. The Morgan fingerprint density at radius 3 is 2.42 bits per heavy atom. The lowest BCUT2D eigenvalue weighted by atomic mass is 10.1. The van der Waals surface area contributed by atoms with E-state index in [1.165, 1.54) is 0 Å². The number of fused-ring (bicyclic) bond motifs is 1. The number of amides is 2. The van der Waals surface area contributed by atoms with Crippen LogP contribution >= 0.6 is 11.3 Å². The summed E-state index contributed by atoms with van der Waals surface area (Å²) in [4.78, 5) is 20.6. The SMILES string of the molecule is CC(C)(C)NC(=O)N(CCc1csc2nc(-c3ccccc3)cn12)Cc1ccccc1. The lowest BCUT2D eigenvalue weighted by molar-refractivity contribution is 0.186. The fourth-order valence-electron chi connectivity index (χ4n) is 3.46. The van der Waals surface area contributed by atoms with Crippen LogP contribution in [0.1, 0.15) is 32.0 Å². The number of nitrogens with zero attached hydrogens (tertiary/aromatic N) is 3. The van der Waals surface area contributed by atoms with Crippen LogP contribution in [0.5, 0.6) is 0 Å². The zero-order valence-corrected chi connectivity index (χ0v) is 19.0. The molecule has 0 aliphatic carbocycles. The van der Waals surface area contributed by atoms with Crippen LogP contribution in [-0.2, 0) is 13.0 Å². The fraction of sp³-hybridized carbons (Fsp3) is 0.280. The van der Waals surface area contributed by atoms with Crippen LogP contribution in [0.2, 0.25) is 0 Å². The molecule has 2 aromatic heterocycles. The van der Waals surface area contributed by atoms with Crippen molar-refractivity contribution in [1.29, 1.82) is 0 Å². The number of aromatic nitrogens is 2. The summed E-state index contributed by atoms with van der Waals surface area (Å²) in [6.45, 7) is 7.22. The molecular formula is C25H28N4OS. The van der Waals surface area contributed by atoms with E-state index >= 15 is 0 Å². The average molecular weight is 433 g/mol. The molecule has 160 valence electrons. The van der Waals surface area contributed by atoms with Crippen molar-refractivity contribution in [2.24, 2.45) is 0 Å². The maximum Gasteiger partial charge on any atom is 0.318 e. The van der Waals surface area contributed by atoms with Gasteiger partial charge in [-0.2, -0.15) is 0 Å². The molecule has 0 atom stereocenters. The van der Waals surface area contributed by atoms with Crippen LogP contribution in [0.3, 0.4) is 0 Å². The number of rotatable bonds is 6. The van der Waals surface area contributed by atoms with E-state index in [2.05, 4.69) is 45.6 Å². The number of thiazole rings is 1. The molecule has 0 aliphatic rings. The molecule has 1 N–H and O–H groups in total. The number of nitrogens with one attached hydrogen (secondary N) is 1. The second-order valence-electron chi connectivity index (χ2n) is 8.71. The first-order valence-electron chi connectivity index (χ1n) is 10.5. The molecule has 4 aromatic rings. The molecule has 2 heterocycles. The van der Waals surface area contributed by atoms with Gasteiger partial charge in [0.2, 0.25) is 0 Å².